The predicted octanol–water partition coefficient (Wildman–Crippen LogP) is 4.40. The molecule has 4 fully saturated rings. The van der Waals surface area contributed by atoms with Gasteiger partial charge < -0.3 is 15.4 Å². The number of H-pyrrole nitrogens is 1. The summed E-state index contributed by atoms with van der Waals surface area (Å²) in [5.74, 6) is 0.784. The summed E-state index contributed by atoms with van der Waals surface area (Å²) in [6.45, 7) is 0.994. The number of carbonyl (C=O) groups excluding carboxylic acids is 1. The summed E-state index contributed by atoms with van der Waals surface area (Å²) < 4.78 is 63.2. The van der Waals surface area contributed by atoms with Crippen LogP contribution < -0.4 is 10.6 Å². The first-order valence-electron chi connectivity index (χ1n) is 12.1. The Labute approximate surface area is 208 Å². The van der Waals surface area contributed by atoms with E-state index in [2.05, 4.69) is 35.5 Å². The van der Waals surface area contributed by atoms with Gasteiger partial charge in [0.25, 0.3) is 0 Å². The van der Waals surface area contributed by atoms with Crippen LogP contribution in [0.15, 0.2) is 18.5 Å². The SMILES string of the molecule is Cc1cnc(Nc2cc([C@H]3CC[C@@H](OC(=O)NC45CC(C4)C5)[C@@H]3F)[nH]n2)n2cc(COC(F)(F)F)nc12. The summed E-state index contributed by atoms with van der Waals surface area (Å²) in [6.07, 6.45) is -0.832. The van der Waals surface area contributed by atoms with Crippen LogP contribution in [-0.2, 0) is 16.1 Å². The Hall–Kier alpha value is -3.42. The standard InChI is InChI=1S/C23H25F4N7O3/c1-11-8-28-20(34-9-13(29-19(11)34)10-36-23(25,26)27)30-17-4-15(32-33-17)14-2-3-16(18(14)24)37-21(35)31-22-5-12(6-22)7-22/h4,8-9,12,14,16,18H,2-3,5-7,10H2,1H3,(H,31,35)(H2,28,30,32,33)/t12?,14-,16-,18-,22?/m1/s1. The van der Waals surface area contributed by atoms with E-state index in [0.29, 0.717) is 41.5 Å². The molecule has 2 bridgehead atoms. The highest BCUT2D eigenvalue weighted by molar-refractivity contribution is 5.69. The number of ether oxygens (including phenoxy) is 2. The Bertz CT molecular complexity index is 1320. The van der Waals surface area contributed by atoms with Crippen molar-refractivity contribution >= 4 is 23.5 Å². The van der Waals surface area contributed by atoms with Gasteiger partial charge >= 0.3 is 12.5 Å². The number of alkyl carbamates (subject to hydrolysis) is 1. The summed E-state index contributed by atoms with van der Waals surface area (Å²) in [5, 5.41) is 12.9. The molecule has 1 amide bonds. The molecule has 14 heteroatoms. The highest BCUT2D eigenvalue weighted by Crippen LogP contribution is 2.57. The molecule has 4 aliphatic carbocycles. The number of hydrogen-bond acceptors (Lipinski definition) is 7. The first kappa shape index (κ1) is 23.9. The van der Waals surface area contributed by atoms with E-state index in [9.17, 15) is 18.0 Å². The number of halogens is 4. The van der Waals surface area contributed by atoms with Gasteiger partial charge in [0.05, 0.1) is 12.3 Å². The molecule has 0 unspecified atom stereocenters. The van der Waals surface area contributed by atoms with E-state index in [4.69, 9.17) is 4.74 Å². The molecule has 0 aromatic carbocycles. The van der Waals surface area contributed by atoms with Crippen LogP contribution in [0, 0.1) is 12.8 Å². The number of aromatic nitrogens is 5. The van der Waals surface area contributed by atoms with Gasteiger partial charge in [-0.25, -0.2) is 19.2 Å². The van der Waals surface area contributed by atoms with Gasteiger partial charge in [0, 0.05) is 41.2 Å². The summed E-state index contributed by atoms with van der Waals surface area (Å²) in [4.78, 5) is 20.7. The van der Waals surface area contributed by atoms with Crippen LogP contribution in [0.3, 0.4) is 0 Å². The van der Waals surface area contributed by atoms with Crippen molar-refractivity contribution < 1.29 is 31.8 Å². The molecule has 3 heterocycles. The summed E-state index contributed by atoms with van der Waals surface area (Å²) in [7, 11) is 0. The number of imidazole rings is 1. The third-order valence-electron chi connectivity index (χ3n) is 7.50. The van der Waals surface area contributed by atoms with Crippen molar-refractivity contribution in [2.24, 2.45) is 5.92 Å². The number of aryl methyl sites for hydroxylation is 1. The van der Waals surface area contributed by atoms with Crippen molar-refractivity contribution in [1.82, 2.24) is 29.9 Å². The van der Waals surface area contributed by atoms with E-state index in [1.54, 1.807) is 13.0 Å². The lowest BCUT2D eigenvalue weighted by Gasteiger charge is -2.61. The average molecular weight is 523 g/mol. The number of aromatic amines is 1. The number of rotatable bonds is 7. The van der Waals surface area contributed by atoms with Gasteiger partial charge in [0.1, 0.15) is 17.9 Å². The van der Waals surface area contributed by atoms with Gasteiger partial charge in [0.15, 0.2) is 5.82 Å². The molecule has 0 aliphatic heterocycles. The largest absolute Gasteiger partial charge is 0.522 e. The van der Waals surface area contributed by atoms with E-state index >= 15 is 4.39 Å². The molecule has 37 heavy (non-hydrogen) atoms. The van der Waals surface area contributed by atoms with Crippen LogP contribution in [0.4, 0.5) is 34.1 Å². The second-order valence-corrected chi connectivity index (χ2v) is 10.2. The summed E-state index contributed by atoms with van der Waals surface area (Å²) >= 11 is 0. The van der Waals surface area contributed by atoms with Gasteiger partial charge in [-0.1, -0.05) is 0 Å². The minimum atomic E-state index is -4.77. The molecule has 0 radical (unpaired) electrons. The normalized spacial score (nSPS) is 28.6. The molecule has 3 atom stereocenters. The van der Waals surface area contributed by atoms with Crippen molar-refractivity contribution in [3.8, 4) is 0 Å². The fraction of sp³-hybridized carbons (Fsp3) is 0.565. The van der Waals surface area contributed by atoms with Crippen molar-refractivity contribution in [3.63, 3.8) is 0 Å². The topological polar surface area (TPSA) is 118 Å². The molecule has 0 saturated heterocycles. The molecule has 0 spiro atoms. The third kappa shape index (κ3) is 4.58. The summed E-state index contributed by atoms with van der Waals surface area (Å²) in [5.41, 5.74) is 1.54. The molecule has 7 rings (SSSR count). The number of amides is 1. The quantitative estimate of drug-likeness (QED) is 0.393. The van der Waals surface area contributed by atoms with E-state index < -0.39 is 37.3 Å². The van der Waals surface area contributed by atoms with E-state index in [1.165, 1.54) is 16.8 Å². The maximum absolute atomic E-state index is 15.2. The predicted molar refractivity (Wildman–Crippen MR) is 121 cm³/mol. The Kier molecular flexibility index (Phi) is 5.55. The first-order chi connectivity index (χ1) is 17.6. The zero-order chi connectivity index (χ0) is 25.9. The second kappa shape index (κ2) is 8.57. The highest BCUT2D eigenvalue weighted by Gasteiger charge is 2.58. The first-order valence-corrected chi connectivity index (χ1v) is 12.1. The lowest BCUT2D eigenvalue weighted by atomic mass is 9.50. The zero-order valence-electron chi connectivity index (χ0n) is 19.8. The van der Waals surface area contributed by atoms with Crippen LogP contribution in [0.1, 0.15) is 55.0 Å². The molecular weight excluding hydrogens is 498 g/mol. The maximum Gasteiger partial charge on any atom is 0.522 e. The molecule has 3 aromatic rings. The van der Waals surface area contributed by atoms with Crippen LogP contribution in [-0.4, -0.2) is 54.8 Å². The molecule has 198 valence electrons. The molecule has 4 saturated carbocycles. The van der Waals surface area contributed by atoms with Gasteiger partial charge in [-0.15, -0.1) is 13.2 Å². The van der Waals surface area contributed by atoms with Gasteiger partial charge in [-0.3, -0.25) is 14.2 Å². The number of anilines is 2. The molecule has 3 N–H and O–H groups in total. The Morgan fingerprint density at radius 2 is 2.08 bits per heavy atom. The minimum Gasteiger partial charge on any atom is -0.443 e. The van der Waals surface area contributed by atoms with E-state index in [1.807, 2.05) is 0 Å². The van der Waals surface area contributed by atoms with Crippen molar-refractivity contribution in [3.05, 3.63) is 35.4 Å². The summed E-state index contributed by atoms with van der Waals surface area (Å²) in [6, 6.07) is 1.64. The van der Waals surface area contributed by atoms with Crippen LogP contribution in [0.25, 0.3) is 5.65 Å². The van der Waals surface area contributed by atoms with Gasteiger partial charge in [-0.2, -0.15) is 5.10 Å². The Morgan fingerprint density at radius 3 is 2.78 bits per heavy atom. The monoisotopic (exact) mass is 523 g/mol. The number of fused-ring (bicyclic) bond motifs is 1. The van der Waals surface area contributed by atoms with Crippen molar-refractivity contribution in [1.29, 1.82) is 0 Å². The van der Waals surface area contributed by atoms with Crippen LogP contribution in [0.2, 0.25) is 0 Å². The lowest BCUT2D eigenvalue weighted by molar-refractivity contribution is -0.330. The molecular formula is C23H25F4N7O3. The lowest BCUT2D eigenvalue weighted by Crippen LogP contribution is -2.68. The fourth-order valence-electron chi connectivity index (χ4n) is 5.56. The molecule has 4 aliphatic rings. The highest BCUT2D eigenvalue weighted by atomic mass is 19.4. The Balaban J connectivity index is 1.11. The third-order valence-corrected chi connectivity index (χ3v) is 7.50. The smallest absolute Gasteiger partial charge is 0.443 e. The number of hydrogen-bond donors (Lipinski definition) is 3. The number of nitrogens with zero attached hydrogens (tertiary/aromatic N) is 4. The number of carbonyl (C=O) groups is 1. The second-order valence-electron chi connectivity index (χ2n) is 10.2. The molecule has 3 aromatic heterocycles. The van der Waals surface area contributed by atoms with Gasteiger partial charge in [0.2, 0.25) is 5.95 Å². The van der Waals surface area contributed by atoms with Crippen LogP contribution >= 0.6 is 0 Å². The minimum absolute atomic E-state index is 0.0783. The molecule has 10 nitrogen and oxygen atoms in total. The fourth-order valence-corrected chi connectivity index (χ4v) is 5.56. The number of alkyl halides is 4. The van der Waals surface area contributed by atoms with Crippen molar-refractivity contribution in [2.75, 3.05) is 5.32 Å². The van der Waals surface area contributed by atoms with E-state index in [0.717, 1.165) is 19.3 Å². The maximum atomic E-state index is 15.2. The van der Waals surface area contributed by atoms with Gasteiger partial charge in [-0.05, 0) is 44.9 Å². The van der Waals surface area contributed by atoms with Crippen molar-refractivity contribution in [2.45, 2.75) is 75.7 Å². The number of nitrogens with one attached hydrogen (secondary N) is 3. The Morgan fingerprint density at radius 1 is 1.30 bits per heavy atom. The average Bonchev–Trinajstić information content (AvgIpc) is 3.50. The zero-order valence-corrected chi connectivity index (χ0v) is 19.8. The van der Waals surface area contributed by atoms with Crippen LogP contribution in [0.5, 0.6) is 0 Å². The van der Waals surface area contributed by atoms with E-state index in [-0.39, 0.29) is 17.2 Å².